The number of piperazine rings is 1. The Labute approximate surface area is 143 Å². The Kier molecular flexibility index (Phi) is 5.83. The molecule has 1 amide bonds. The second kappa shape index (κ2) is 7.49. The van der Waals surface area contributed by atoms with Gasteiger partial charge in [-0.1, -0.05) is 26.8 Å². The van der Waals surface area contributed by atoms with Gasteiger partial charge in [0.1, 0.15) is 0 Å². The highest BCUT2D eigenvalue weighted by Crippen LogP contribution is 2.21. The molecule has 0 aliphatic carbocycles. The first kappa shape index (κ1) is 18.7. The summed E-state index contributed by atoms with van der Waals surface area (Å²) in [5.41, 5.74) is 6.73. The Hall–Kier alpha value is -1.66. The topological polar surface area (TPSA) is 58.8 Å². The number of carbonyl (C=O) groups excluding carboxylic acids is 1. The average Bonchev–Trinajstić information content (AvgIpc) is 2.53. The van der Waals surface area contributed by atoms with Crippen molar-refractivity contribution < 1.29 is 13.9 Å². The number of hydrogen-bond donors (Lipinski definition) is 1. The maximum atomic E-state index is 13.8. The predicted octanol–water partition coefficient (Wildman–Crippen LogP) is 1.85. The van der Waals surface area contributed by atoms with E-state index in [0.29, 0.717) is 19.6 Å². The predicted molar refractivity (Wildman–Crippen MR) is 92.2 cm³/mol. The zero-order valence-corrected chi connectivity index (χ0v) is 15.0. The molecule has 5 nitrogen and oxygen atoms in total. The van der Waals surface area contributed by atoms with Crippen molar-refractivity contribution in [1.82, 2.24) is 9.80 Å². The highest BCUT2D eigenvalue weighted by atomic mass is 19.1. The third-order valence-electron chi connectivity index (χ3n) is 4.51. The minimum atomic E-state index is -0.486. The van der Waals surface area contributed by atoms with Gasteiger partial charge in [-0.25, -0.2) is 4.39 Å². The molecule has 0 radical (unpaired) electrons. The van der Waals surface area contributed by atoms with E-state index < -0.39 is 6.04 Å². The molecule has 1 heterocycles. The first-order valence-electron chi connectivity index (χ1n) is 8.31. The molecule has 1 aromatic rings. The quantitative estimate of drug-likeness (QED) is 0.911. The molecule has 0 spiro atoms. The number of nitrogens with zero attached hydrogens (tertiary/aromatic N) is 2. The van der Waals surface area contributed by atoms with Gasteiger partial charge in [0, 0.05) is 32.7 Å². The van der Waals surface area contributed by atoms with Crippen molar-refractivity contribution in [1.29, 1.82) is 0 Å². The molecule has 24 heavy (non-hydrogen) atoms. The third-order valence-corrected chi connectivity index (χ3v) is 4.51. The minimum Gasteiger partial charge on any atom is -0.494 e. The number of rotatable bonds is 4. The van der Waals surface area contributed by atoms with Crippen molar-refractivity contribution in [3.63, 3.8) is 0 Å². The largest absolute Gasteiger partial charge is 0.494 e. The molecule has 6 heteroatoms. The standard InChI is InChI=1S/C18H28FN3O2/c1-18(2,3)16(20)17(23)22-9-7-21(8-10-22)12-13-5-6-15(24-4)14(19)11-13/h5-6,11,16H,7-10,12,20H2,1-4H3/t16-/m1/s1. The summed E-state index contributed by atoms with van der Waals surface area (Å²) in [7, 11) is 1.45. The summed E-state index contributed by atoms with van der Waals surface area (Å²) in [5.74, 6) is -0.0806. The molecule has 0 saturated carbocycles. The molecule has 1 aromatic carbocycles. The van der Waals surface area contributed by atoms with Crippen LogP contribution in [0.3, 0.4) is 0 Å². The van der Waals surface area contributed by atoms with Gasteiger partial charge in [0.05, 0.1) is 13.2 Å². The third kappa shape index (κ3) is 4.45. The van der Waals surface area contributed by atoms with E-state index in [2.05, 4.69) is 4.90 Å². The molecule has 1 aliphatic heterocycles. The number of hydrogen-bond acceptors (Lipinski definition) is 4. The van der Waals surface area contributed by atoms with E-state index in [1.165, 1.54) is 13.2 Å². The van der Waals surface area contributed by atoms with E-state index in [-0.39, 0.29) is 22.9 Å². The second-order valence-electron chi connectivity index (χ2n) is 7.41. The number of ether oxygens (including phenoxy) is 1. The van der Waals surface area contributed by atoms with Crippen molar-refractivity contribution >= 4 is 5.91 Å². The van der Waals surface area contributed by atoms with E-state index in [9.17, 15) is 9.18 Å². The lowest BCUT2D eigenvalue weighted by Crippen LogP contribution is -2.56. The molecule has 1 saturated heterocycles. The van der Waals surface area contributed by atoms with Crippen LogP contribution in [0.25, 0.3) is 0 Å². The molecular formula is C18H28FN3O2. The van der Waals surface area contributed by atoms with Gasteiger partial charge in [0.15, 0.2) is 11.6 Å². The smallest absolute Gasteiger partial charge is 0.240 e. The highest BCUT2D eigenvalue weighted by Gasteiger charge is 2.32. The summed E-state index contributed by atoms with van der Waals surface area (Å²) in [6, 6.07) is 4.54. The fourth-order valence-corrected chi connectivity index (χ4v) is 2.76. The van der Waals surface area contributed by atoms with Crippen LogP contribution in [0.4, 0.5) is 4.39 Å². The van der Waals surface area contributed by atoms with Crippen molar-refractivity contribution in [2.45, 2.75) is 33.4 Å². The van der Waals surface area contributed by atoms with Gasteiger partial charge in [-0.15, -0.1) is 0 Å². The fraction of sp³-hybridized carbons (Fsp3) is 0.611. The van der Waals surface area contributed by atoms with Crippen LogP contribution in [0, 0.1) is 11.2 Å². The van der Waals surface area contributed by atoms with Gasteiger partial charge in [-0.05, 0) is 23.1 Å². The van der Waals surface area contributed by atoms with Crippen LogP contribution in [0.15, 0.2) is 18.2 Å². The monoisotopic (exact) mass is 337 g/mol. The molecule has 0 bridgehead atoms. The van der Waals surface area contributed by atoms with Crippen LogP contribution in [0.2, 0.25) is 0 Å². The zero-order valence-electron chi connectivity index (χ0n) is 15.0. The molecule has 2 N–H and O–H groups in total. The second-order valence-corrected chi connectivity index (χ2v) is 7.41. The van der Waals surface area contributed by atoms with E-state index in [4.69, 9.17) is 10.5 Å². The average molecular weight is 337 g/mol. The number of amides is 1. The first-order chi connectivity index (χ1) is 11.2. The van der Waals surface area contributed by atoms with Crippen LogP contribution in [-0.2, 0) is 11.3 Å². The summed E-state index contributed by atoms with van der Waals surface area (Å²) >= 11 is 0. The van der Waals surface area contributed by atoms with Gasteiger partial charge >= 0.3 is 0 Å². The number of nitrogens with two attached hydrogens (primary N) is 1. The number of carbonyl (C=O) groups is 1. The summed E-state index contributed by atoms with van der Waals surface area (Å²) < 4.78 is 18.7. The molecule has 1 aliphatic rings. The van der Waals surface area contributed by atoms with Crippen LogP contribution >= 0.6 is 0 Å². The normalized spacial score (nSPS) is 17.7. The van der Waals surface area contributed by atoms with Crippen LogP contribution in [-0.4, -0.2) is 55.0 Å². The zero-order chi connectivity index (χ0) is 17.9. The minimum absolute atomic E-state index is 0.0117. The van der Waals surface area contributed by atoms with Crippen molar-refractivity contribution in [3.05, 3.63) is 29.6 Å². The molecule has 1 fully saturated rings. The van der Waals surface area contributed by atoms with Crippen molar-refractivity contribution in [2.24, 2.45) is 11.1 Å². The molecule has 1 atom stereocenters. The van der Waals surface area contributed by atoms with E-state index >= 15 is 0 Å². The lowest BCUT2D eigenvalue weighted by Gasteiger charge is -2.38. The van der Waals surface area contributed by atoms with Crippen LogP contribution in [0.1, 0.15) is 26.3 Å². The van der Waals surface area contributed by atoms with Gasteiger partial charge in [-0.2, -0.15) is 0 Å². The Bertz CT molecular complexity index is 578. The summed E-state index contributed by atoms with van der Waals surface area (Å²) in [6.45, 7) is 9.42. The molecule has 2 rings (SSSR count). The lowest BCUT2D eigenvalue weighted by molar-refractivity contribution is -0.136. The Balaban J connectivity index is 1.89. The summed E-state index contributed by atoms with van der Waals surface area (Å²) in [6.07, 6.45) is 0. The molecule has 134 valence electrons. The lowest BCUT2D eigenvalue weighted by atomic mass is 9.86. The van der Waals surface area contributed by atoms with E-state index in [0.717, 1.165) is 18.7 Å². The number of benzene rings is 1. The maximum Gasteiger partial charge on any atom is 0.240 e. The van der Waals surface area contributed by atoms with E-state index in [1.54, 1.807) is 6.07 Å². The highest BCUT2D eigenvalue weighted by molar-refractivity contribution is 5.82. The number of halogens is 1. The SMILES string of the molecule is COc1ccc(CN2CCN(C(=O)[C@@H](N)C(C)(C)C)CC2)cc1F. The van der Waals surface area contributed by atoms with Crippen LogP contribution in [0.5, 0.6) is 5.75 Å². The van der Waals surface area contributed by atoms with Crippen molar-refractivity contribution in [3.8, 4) is 5.75 Å². The Morgan fingerprint density at radius 2 is 1.92 bits per heavy atom. The Morgan fingerprint density at radius 3 is 2.42 bits per heavy atom. The molecular weight excluding hydrogens is 309 g/mol. The fourth-order valence-electron chi connectivity index (χ4n) is 2.76. The summed E-state index contributed by atoms with van der Waals surface area (Å²) in [5, 5.41) is 0. The van der Waals surface area contributed by atoms with Gasteiger partial charge in [0.25, 0.3) is 0 Å². The molecule has 0 aromatic heterocycles. The van der Waals surface area contributed by atoms with Gasteiger partial charge < -0.3 is 15.4 Å². The van der Waals surface area contributed by atoms with Gasteiger partial charge in [0.2, 0.25) is 5.91 Å². The van der Waals surface area contributed by atoms with E-state index in [1.807, 2.05) is 31.7 Å². The Morgan fingerprint density at radius 1 is 1.29 bits per heavy atom. The first-order valence-corrected chi connectivity index (χ1v) is 8.31. The number of methoxy groups -OCH3 is 1. The maximum absolute atomic E-state index is 13.8. The molecule has 0 unspecified atom stereocenters. The van der Waals surface area contributed by atoms with Gasteiger partial charge in [-0.3, -0.25) is 9.69 Å². The van der Waals surface area contributed by atoms with Crippen molar-refractivity contribution in [2.75, 3.05) is 33.3 Å². The summed E-state index contributed by atoms with van der Waals surface area (Å²) in [4.78, 5) is 16.5. The van der Waals surface area contributed by atoms with Crippen LogP contribution < -0.4 is 10.5 Å².